The van der Waals surface area contributed by atoms with Crippen LogP contribution in [0.3, 0.4) is 0 Å². The lowest BCUT2D eigenvalue weighted by molar-refractivity contribution is -0.0233. The van der Waals surface area contributed by atoms with Gasteiger partial charge < -0.3 is 15.3 Å². The van der Waals surface area contributed by atoms with E-state index < -0.39 is 18.4 Å². The van der Waals surface area contributed by atoms with E-state index in [2.05, 4.69) is 5.32 Å². The van der Waals surface area contributed by atoms with E-state index in [0.29, 0.717) is 0 Å². The lowest BCUT2D eigenvalue weighted by Gasteiger charge is -2.09. The number of aliphatic hydroxyl groups is 3. The molecule has 0 amide bonds. The average molecular weight is 133 g/mol. The molecule has 4 N–H and O–H groups in total. The van der Waals surface area contributed by atoms with E-state index in [0.717, 1.165) is 0 Å². The van der Waals surface area contributed by atoms with E-state index in [1.54, 1.807) is 6.92 Å². The molecule has 1 heterocycles. The smallest absolute Gasteiger partial charge is 0.134 e. The summed E-state index contributed by atoms with van der Waals surface area (Å²) in [4.78, 5) is 0. The maximum atomic E-state index is 8.96. The van der Waals surface area contributed by atoms with E-state index in [1.165, 1.54) is 0 Å². The Hall–Kier alpha value is -0.160. The van der Waals surface area contributed by atoms with Crippen LogP contribution in [0.4, 0.5) is 0 Å². The maximum Gasteiger partial charge on any atom is 0.134 e. The van der Waals surface area contributed by atoms with Gasteiger partial charge >= 0.3 is 0 Å². The number of aliphatic hydroxyl groups excluding tert-OH is 3. The third-order valence-electron chi connectivity index (χ3n) is 1.62. The molecule has 0 spiro atoms. The van der Waals surface area contributed by atoms with Crippen molar-refractivity contribution in [3.05, 3.63) is 0 Å². The lowest BCUT2D eigenvalue weighted by atomic mass is 10.2. The van der Waals surface area contributed by atoms with Crippen LogP contribution in [0.2, 0.25) is 0 Å². The van der Waals surface area contributed by atoms with Crippen molar-refractivity contribution in [2.75, 3.05) is 0 Å². The average Bonchev–Trinajstić information content (AvgIpc) is 1.98. The Bertz CT molecular complexity index is 96.4. The number of hydrogen-bond donors (Lipinski definition) is 4. The van der Waals surface area contributed by atoms with Crippen molar-refractivity contribution in [2.45, 2.75) is 31.4 Å². The minimum absolute atomic E-state index is 0.227. The molecule has 0 saturated carbocycles. The summed E-state index contributed by atoms with van der Waals surface area (Å²) in [6, 6.07) is -0.227. The Morgan fingerprint density at radius 3 is 1.78 bits per heavy atom. The SMILES string of the molecule is C[C@@H]1NC(O)[C@@H](O)[C@@H]1O. The first-order valence-electron chi connectivity index (χ1n) is 2.93. The molecule has 9 heavy (non-hydrogen) atoms. The van der Waals surface area contributed by atoms with E-state index >= 15 is 0 Å². The minimum Gasteiger partial charge on any atom is -0.389 e. The Morgan fingerprint density at radius 1 is 1.11 bits per heavy atom. The number of hydrogen-bond acceptors (Lipinski definition) is 4. The third kappa shape index (κ3) is 1.07. The van der Waals surface area contributed by atoms with Crippen molar-refractivity contribution >= 4 is 0 Å². The van der Waals surface area contributed by atoms with E-state index in [1.807, 2.05) is 0 Å². The van der Waals surface area contributed by atoms with E-state index in [4.69, 9.17) is 15.3 Å². The van der Waals surface area contributed by atoms with Gasteiger partial charge in [-0.3, -0.25) is 5.32 Å². The standard InChI is InChI=1S/C5H11NO3/c1-2-3(7)4(8)5(9)6-2/h2-9H,1H3/t2-,3+,4-,5?/m0/s1. The molecule has 1 unspecified atom stereocenters. The zero-order valence-corrected chi connectivity index (χ0v) is 5.15. The van der Waals surface area contributed by atoms with Gasteiger partial charge in [0.25, 0.3) is 0 Å². The fraction of sp³-hybridized carbons (Fsp3) is 1.00. The van der Waals surface area contributed by atoms with Gasteiger partial charge in [-0.15, -0.1) is 0 Å². The Labute approximate surface area is 53.1 Å². The second-order valence-electron chi connectivity index (χ2n) is 2.38. The van der Waals surface area contributed by atoms with Crippen molar-refractivity contribution < 1.29 is 15.3 Å². The summed E-state index contributed by atoms with van der Waals surface area (Å²) in [5.74, 6) is 0. The molecule has 1 fully saturated rings. The molecule has 0 radical (unpaired) electrons. The van der Waals surface area contributed by atoms with Crippen molar-refractivity contribution in [2.24, 2.45) is 0 Å². The third-order valence-corrected chi connectivity index (χ3v) is 1.62. The fourth-order valence-electron chi connectivity index (χ4n) is 0.949. The van der Waals surface area contributed by atoms with E-state index in [-0.39, 0.29) is 6.04 Å². The van der Waals surface area contributed by atoms with Gasteiger partial charge in [0.2, 0.25) is 0 Å². The summed E-state index contributed by atoms with van der Waals surface area (Å²) in [7, 11) is 0. The van der Waals surface area contributed by atoms with Crippen molar-refractivity contribution in [3.8, 4) is 0 Å². The summed E-state index contributed by atoms with van der Waals surface area (Å²) >= 11 is 0. The summed E-state index contributed by atoms with van der Waals surface area (Å²) in [5, 5.41) is 29.2. The summed E-state index contributed by atoms with van der Waals surface area (Å²) in [6.07, 6.45) is -2.87. The second kappa shape index (κ2) is 2.22. The van der Waals surface area contributed by atoms with Gasteiger partial charge in [-0.05, 0) is 6.92 Å². The van der Waals surface area contributed by atoms with Crippen molar-refractivity contribution in [1.29, 1.82) is 0 Å². The Morgan fingerprint density at radius 2 is 1.67 bits per heavy atom. The highest BCUT2D eigenvalue weighted by Gasteiger charge is 2.36. The minimum atomic E-state index is -1.04. The van der Waals surface area contributed by atoms with Gasteiger partial charge in [-0.2, -0.15) is 0 Å². The Kier molecular flexibility index (Phi) is 1.72. The summed E-state index contributed by atoms with van der Waals surface area (Å²) in [5.41, 5.74) is 0. The molecule has 0 aromatic rings. The quantitative estimate of drug-likeness (QED) is 0.309. The molecule has 4 heteroatoms. The van der Waals surface area contributed by atoms with Crippen LogP contribution in [0.25, 0.3) is 0 Å². The topological polar surface area (TPSA) is 72.7 Å². The van der Waals surface area contributed by atoms with Crippen LogP contribution in [0.5, 0.6) is 0 Å². The second-order valence-corrected chi connectivity index (χ2v) is 2.38. The first kappa shape index (κ1) is 6.95. The van der Waals surface area contributed by atoms with Crippen LogP contribution in [-0.2, 0) is 0 Å². The molecule has 0 aromatic heterocycles. The molecule has 54 valence electrons. The molecule has 0 aromatic carbocycles. The number of rotatable bonds is 0. The summed E-state index contributed by atoms with van der Waals surface area (Å²) < 4.78 is 0. The lowest BCUT2D eigenvalue weighted by Crippen LogP contribution is -2.32. The highest BCUT2D eigenvalue weighted by Crippen LogP contribution is 2.10. The summed E-state index contributed by atoms with van der Waals surface area (Å²) in [6.45, 7) is 1.70. The zero-order valence-electron chi connectivity index (χ0n) is 5.15. The molecule has 0 aliphatic carbocycles. The molecule has 4 atom stereocenters. The van der Waals surface area contributed by atoms with Gasteiger partial charge in [0, 0.05) is 6.04 Å². The zero-order chi connectivity index (χ0) is 7.02. The van der Waals surface area contributed by atoms with Gasteiger partial charge in [0.1, 0.15) is 12.3 Å². The van der Waals surface area contributed by atoms with Gasteiger partial charge in [0.15, 0.2) is 0 Å². The van der Waals surface area contributed by atoms with Crippen molar-refractivity contribution in [1.82, 2.24) is 5.32 Å². The molecule has 0 bridgehead atoms. The van der Waals surface area contributed by atoms with Crippen LogP contribution in [0.15, 0.2) is 0 Å². The largest absolute Gasteiger partial charge is 0.389 e. The molecule has 4 nitrogen and oxygen atoms in total. The van der Waals surface area contributed by atoms with Crippen LogP contribution in [0, 0.1) is 0 Å². The van der Waals surface area contributed by atoms with Crippen LogP contribution in [0.1, 0.15) is 6.92 Å². The van der Waals surface area contributed by atoms with Crippen LogP contribution >= 0.6 is 0 Å². The normalized spacial score (nSPS) is 52.0. The first-order chi connectivity index (χ1) is 4.13. The monoisotopic (exact) mass is 133 g/mol. The van der Waals surface area contributed by atoms with Crippen LogP contribution < -0.4 is 5.32 Å². The van der Waals surface area contributed by atoms with Gasteiger partial charge in [-0.1, -0.05) is 0 Å². The van der Waals surface area contributed by atoms with Gasteiger partial charge in [-0.25, -0.2) is 0 Å². The first-order valence-corrected chi connectivity index (χ1v) is 2.93. The predicted octanol–water partition coefficient (Wildman–Crippen LogP) is -1.98. The number of nitrogens with one attached hydrogen (secondary N) is 1. The molecular weight excluding hydrogens is 122 g/mol. The highest BCUT2D eigenvalue weighted by atomic mass is 16.4. The molecular formula is C5H11NO3. The molecule has 1 rings (SSSR count). The molecule has 1 aliphatic heterocycles. The fourth-order valence-corrected chi connectivity index (χ4v) is 0.949. The maximum absolute atomic E-state index is 8.96. The molecule has 1 saturated heterocycles. The predicted molar refractivity (Wildman–Crippen MR) is 30.6 cm³/mol. The molecule has 1 aliphatic rings. The van der Waals surface area contributed by atoms with Gasteiger partial charge in [0.05, 0.1) is 6.10 Å². The van der Waals surface area contributed by atoms with E-state index in [9.17, 15) is 0 Å². The van der Waals surface area contributed by atoms with Crippen LogP contribution in [-0.4, -0.2) is 39.8 Å². The highest BCUT2D eigenvalue weighted by molar-refractivity contribution is 4.90. The van der Waals surface area contributed by atoms with Crippen molar-refractivity contribution in [3.63, 3.8) is 0 Å². The Balaban J connectivity index is 2.54.